The third-order valence-electron chi connectivity index (χ3n) is 2.89. The fraction of sp³-hybridized carbons (Fsp3) is 0.429. The Balaban J connectivity index is 2.63. The highest BCUT2D eigenvalue weighted by Gasteiger charge is 2.12. The van der Waals surface area contributed by atoms with Gasteiger partial charge >= 0.3 is 5.97 Å². The molecule has 1 aromatic rings. The lowest BCUT2D eigenvalue weighted by atomic mass is 10.2. The van der Waals surface area contributed by atoms with Crippen LogP contribution >= 0.6 is 11.8 Å². The highest BCUT2D eigenvalue weighted by molar-refractivity contribution is 8.00. The van der Waals surface area contributed by atoms with Crippen LogP contribution in [0.1, 0.15) is 37.0 Å². The number of aromatic carboxylic acids is 1. The van der Waals surface area contributed by atoms with Crippen LogP contribution in [0, 0.1) is 5.82 Å². The molecule has 6 heteroatoms. The SMILES string of the molecule is CCC(CC)NC(=O)CSc1cc(C(=O)O)ccc1F. The van der Waals surface area contributed by atoms with Crippen LogP contribution in [0.3, 0.4) is 0 Å². The van der Waals surface area contributed by atoms with Gasteiger partial charge in [0.05, 0.1) is 11.3 Å². The van der Waals surface area contributed by atoms with Gasteiger partial charge in [-0.2, -0.15) is 0 Å². The van der Waals surface area contributed by atoms with E-state index in [1.54, 1.807) is 0 Å². The molecule has 4 nitrogen and oxygen atoms in total. The van der Waals surface area contributed by atoms with Gasteiger partial charge in [-0.15, -0.1) is 11.8 Å². The van der Waals surface area contributed by atoms with Gasteiger partial charge in [-0.05, 0) is 31.0 Å². The summed E-state index contributed by atoms with van der Waals surface area (Å²) >= 11 is 0.999. The summed E-state index contributed by atoms with van der Waals surface area (Å²) < 4.78 is 13.5. The molecule has 0 saturated carbocycles. The van der Waals surface area contributed by atoms with Crippen molar-refractivity contribution in [3.63, 3.8) is 0 Å². The van der Waals surface area contributed by atoms with Crippen LogP contribution in [0.5, 0.6) is 0 Å². The number of carbonyl (C=O) groups is 2. The zero-order valence-corrected chi connectivity index (χ0v) is 12.3. The van der Waals surface area contributed by atoms with Crippen molar-refractivity contribution in [2.45, 2.75) is 37.6 Å². The highest BCUT2D eigenvalue weighted by atomic mass is 32.2. The minimum Gasteiger partial charge on any atom is -0.478 e. The van der Waals surface area contributed by atoms with Crippen LogP contribution in [0.2, 0.25) is 0 Å². The molecular formula is C14H18FNO3S. The molecule has 1 amide bonds. The third-order valence-corrected chi connectivity index (χ3v) is 3.92. The number of carboxylic acids is 1. The number of hydrogen-bond donors (Lipinski definition) is 2. The number of nitrogens with one attached hydrogen (secondary N) is 1. The molecular weight excluding hydrogens is 281 g/mol. The Labute approximate surface area is 121 Å². The highest BCUT2D eigenvalue weighted by Crippen LogP contribution is 2.23. The maximum absolute atomic E-state index is 13.5. The Morgan fingerprint density at radius 2 is 2.00 bits per heavy atom. The first-order chi connectivity index (χ1) is 9.47. The molecule has 0 aliphatic rings. The minimum absolute atomic E-state index is 0.00861. The van der Waals surface area contributed by atoms with Crippen LogP contribution < -0.4 is 5.32 Å². The zero-order chi connectivity index (χ0) is 15.1. The third kappa shape index (κ3) is 4.85. The minimum atomic E-state index is -1.12. The molecule has 0 bridgehead atoms. The Morgan fingerprint density at radius 1 is 1.35 bits per heavy atom. The number of rotatable bonds is 7. The van der Waals surface area contributed by atoms with Crippen LogP contribution in [0.25, 0.3) is 0 Å². The molecule has 1 rings (SSSR count). The second-order valence-electron chi connectivity index (χ2n) is 4.32. The lowest BCUT2D eigenvalue weighted by molar-refractivity contribution is -0.119. The van der Waals surface area contributed by atoms with E-state index >= 15 is 0 Å². The number of carboxylic acid groups (broad SMARTS) is 1. The molecule has 0 aromatic heterocycles. The smallest absolute Gasteiger partial charge is 0.335 e. The maximum Gasteiger partial charge on any atom is 0.335 e. The molecule has 0 heterocycles. The average Bonchev–Trinajstić information content (AvgIpc) is 2.43. The lowest BCUT2D eigenvalue weighted by Crippen LogP contribution is -2.35. The largest absolute Gasteiger partial charge is 0.478 e. The van der Waals surface area contributed by atoms with Crippen molar-refractivity contribution < 1.29 is 19.1 Å². The van der Waals surface area contributed by atoms with Crippen molar-refractivity contribution >= 4 is 23.6 Å². The van der Waals surface area contributed by atoms with E-state index in [-0.39, 0.29) is 28.2 Å². The zero-order valence-electron chi connectivity index (χ0n) is 11.5. The van der Waals surface area contributed by atoms with Gasteiger partial charge in [-0.25, -0.2) is 9.18 Å². The molecule has 2 N–H and O–H groups in total. The van der Waals surface area contributed by atoms with Gasteiger partial charge in [-0.1, -0.05) is 13.8 Å². The summed E-state index contributed by atoms with van der Waals surface area (Å²) in [6.45, 7) is 3.97. The fourth-order valence-electron chi connectivity index (χ4n) is 1.65. The van der Waals surface area contributed by atoms with Crippen molar-refractivity contribution in [1.82, 2.24) is 5.32 Å². The number of hydrogen-bond acceptors (Lipinski definition) is 3. The Morgan fingerprint density at radius 3 is 2.55 bits per heavy atom. The number of benzene rings is 1. The van der Waals surface area contributed by atoms with E-state index in [0.29, 0.717) is 0 Å². The Bertz CT molecular complexity index is 489. The predicted molar refractivity (Wildman–Crippen MR) is 76.6 cm³/mol. The van der Waals surface area contributed by atoms with E-state index in [1.165, 1.54) is 12.1 Å². The van der Waals surface area contributed by atoms with Crippen molar-refractivity contribution in [3.05, 3.63) is 29.6 Å². The second-order valence-corrected chi connectivity index (χ2v) is 5.34. The van der Waals surface area contributed by atoms with Crippen molar-refractivity contribution in [2.24, 2.45) is 0 Å². The van der Waals surface area contributed by atoms with Gasteiger partial charge in [0.1, 0.15) is 5.82 Å². The van der Waals surface area contributed by atoms with E-state index in [1.807, 2.05) is 13.8 Å². The van der Waals surface area contributed by atoms with Gasteiger partial charge in [0.15, 0.2) is 0 Å². The molecule has 0 radical (unpaired) electrons. The standard InChI is InChI=1S/C14H18FNO3S/c1-3-10(4-2)16-13(17)8-20-12-7-9(14(18)19)5-6-11(12)15/h5-7,10H,3-4,8H2,1-2H3,(H,16,17)(H,18,19). The normalized spacial score (nSPS) is 10.6. The summed E-state index contributed by atoms with van der Waals surface area (Å²) in [6.07, 6.45) is 1.69. The molecule has 0 saturated heterocycles. The Hall–Kier alpha value is -1.56. The first-order valence-corrected chi connectivity index (χ1v) is 7.41. The molecule has 0 aliphatic carbocycles. The second kappa shape index (κ2) is 7.89. The van der Waals surface area contributed by atoms with Crippen LogP contribution in [-0.2, 0) is 4.79 Å². The molecule has 0 atom stereocenters. The molecule has 0 spiro atoms. The predicted octanol–water partition coefficient (Wildman–Crippen LogP) is 2.92. The van der Waals surface area contributed by atoms with Crippen molar-refractivity contribution in [1.29, 1.82) is 0 Å². The molecule has 0 unspecified atom stereocenters. The summed E-state index contributed by atoms with van der Waals surface area (Å²) in [7, 11) is 0. The fourth-order valence-corrected chi connectivity index (χ4v) is 2.44. The number of thioether (sulfide) groups is 1. The van der Waals surface area contributed by atoms with Crippen molar-refractivity contribution in [2.75, 3.05) is 5.75 Å². The van der Waals surface area contributed by atoms with Crippen LogP contribution in [-0.4, -0.2) is 28.8 Å². The van der Waals surface area contributed by atoms with Gasteiger partial charge in [0.25, 0.3) is 0 Å². The summed E-state index contributed by atoms with van der Waals surface area (Å²) in [5, 5.41) is 11.7. The van der Waals surface area contributed by atoms with Crippen molar-refractivity contribution in [3.8, 4) is 0 Å². The molecule has 110 valence electrons. The number of halogens is 1. The first kappa shape index (κ1) is 16.5. The molecule has 0 fully saturated rings. The topological polar surface area (TPSA) is 66.4 Å². The molecule has 20 heavy (non-hydrogen) atoms. The quantitative estimate of drug-likeness (QED) is 0.760. The summed E-state index contributed by atoms with van der Waals surface area (Å²) in [4.78, 5) is 22.7. The molecule has 1 aromatic carbocycles. The van der Waals surface area contributed by atoms with Crippen LogP contribution in [0.4, 0.5) is 4.39 Å². The van der Waals surface area contributed by atoms with E-state index < -0.39 is 11.8 Å². The van der Waals surface area contributed by atoms with Gasteiger partial charge in [0, 0.05) is 10.9 Å². The number of carbonyl (C=O) groups excluding carboxylic acids is 1. The molecule has 0 aliphatic heterocycles. The summed E-state index contributed by atoms with van der Waals surface area (Å²) in [5.41, 5.74) is 0.00861. The summed E-state index contributed by atoms with van der Waals surface area (Å²) in [6, 6.07) is 3.67. The maximum atomic E-state index is 13.5. The van der Waals surface area contributed by atoms with E-state index in [4.69, 9.17) is 5.11 Å². The summed E-state index contributed by atoms with van der Waals surface area (Å²) in [5.74, 6) is -1.75. The van der Waals surface area contributed by atoms with Gasteiger partial charge < -0.3 is 10.4 Å². The lowest BCUT2D eigenvalue weighted by Gasteiger charge is -2.14. The van der Waals surface area contributed by atoms with Gasteiger partial charge in [0.2, 0.25) is 5.91 Å². The monoisotopic (exact) mass is 299 g/mol. The van der Waals surface area contributed by atoms with Crippen LogP contribution in [0.15, 0.2) is 23.1 Å². The van der Waals surface area contributed by atoms with E-state index in [9.17, 15) is 14.0 Å². The first-order valence-electron chi connectivity index (χ1n) is 6.42. The average molecular weight is 299 g/mol. The number of amides is 1. The van der Waals surface area contributed by atoms with E-state index in [2.05, 4.69) is 5.32 Å². The van der Waals surface area contributed by atoms with E-state index in [0.717, 1.165) is 30.7 Å². The van der Waals surface area contributed by atoms with Gasteiger partial charge in [-0.3, -0.25) is 4.79 Å². The Kier molecular flexibility index (Phi) is 6.51.